The molecule has 6 nitrogen and oxygen atoms in total. The van der Waals surface area contributed by atoms with Gasteiger partial charge in [0.05, 0.1) is 6.04 Å². The summed E-state index contributed by atoms with van der Waals surface area (Å²) in [4.78, 5) is 20.1. The summed E-state index contributed by atoms with van der Waals surface area (Å²) in [6, 6.07) is 4.47. The molecule has 2 aliphatic heterocycles. The third-order valence-corrected chi connectivity index (χ3v) is 3.70. The van der Waals surface area contributed by atoms with Crippen LogP contribution < -0.4 is 15.5 Å². The third kappa shape index (κ3) is 2.30. The first-order valence-electron chi connectivity index (χ1n) is 6.77. The molecule has 2 aliphatic rings. The topological polar surface area (TPSA) is 60.5 Å². The van der Waals surface area contributed by atoms with Crippen molar-refractivity contribution in [2.45, 2.75) is 13.0 Å². The van der Waals surface area contributed by atoms with Crippen LogP contribution in [0, 0.1) is 0 Å². The lowest BCUT2D eigenvalue weighted by atomic mass is 10.2. The third-order valence-electron chi connectivity index (χ3n) is 3.70. The molecule has 19 heavy (non-hydrogen) atoms. The molecule has 102 valence electrons. The Morgan fingerprint density at radius 2 is 2.42 bits per heavy atom. The maximum atomic E-state index is 11.6. The number of nitrogens with one attached hydrogen (secondary N) is 2. The van der Waals surface area contributed by atoms with Crippen molar-refractivity contribution in [1.29, 1.82) is 0 Å². The van der Waals surface area contributed by atoms with E-state index >= 15 is 0 Å². The molecule has 0 bridgehead atoms. The van der Waals surface area contributed by atoms with Crippen LogP contribution in [0.25, 0.3) is 0 Å². The molecule has 2 fully saturated rings. The molecule has 0 radical (unpaired) electrons. The highest BCUT2D eigenvalue weighted by atomic mass is 16.2. The highest BCUT2D eigenvalue weighted by Crippen LogP contribution is 2.22. The minimum Gasteiger partial charge on any atom is -0.370 e. The molecule has 2 saturated heterocycles. The fraction of sp³-hybridized carbons (Fsp3) is 0.538. The van der Waals surface area contributed by atoms with E-state index in [1.165, 1.54) is 5.69 Å². The van der Waals surface area contributed by atoms with Crippen molar-refractivity contribution in [3.8, 4) is 0 Å². The average Bonchev–Trinajstić information content (AvgIpc) is 2.81. The number of anilines is 2. The number of carbonyl (C=O) groups is 1. The highest BCUT2D eigenvalue weighted by Gasteiger charge is 2.35. The first-order chi connectivity index (χ1) is 9.28. The van der Waals surface area contributed by atoms with Gasteiger partial charge in [-0.3, -0.25) is 0 Å². The molecule has 2 N–H and O–H groups in total. The summed E-state index contributed by atoms with van der Waals surface area (Å²) in [5.74, 6) is 0.906. The Morgan fingerprint density at radius 3 is 3.26 bits per heavy atom. The lowest BCUT2D eigenvalue weighted by molar-refractivity contribution is 0.197. The van der Waals surface area contributed by atoms with Gasteiger partial charge in [0.15, 0.2) is 0 Å². The first kappa shape index (κ1) is 12.1. The van der Waals surface area contributed by atoms with Crippen LogP contribution in [-0.4, -0.2) is 54.7 Å². The van der Waals surface area contributed by atoms with Gasteiger partial charge in [0.2, 0.25) is 0 Å². The van der Waals surface area contributed by atoms with Crippen LogP contribution in [0.5, 0.6) is 0 Å². The fourth-order valence-electron chi connectivity index (χ4n) is 2.73. The number of hydrogen-bond acceptors (Lipinski definition) is 4. The van der Waals surface area contributed by atoms with Gasteiger partial charge < -0.3 is 20.4 Å². The number of nitrogens with zero attached hydrogens (tertiary/aromatic N) is 3. The highest BCUT2D eigenvalue weighted by molar-refractivity contribution is 5.77. The van der Waals surface area contributed by atoms with Gasteiger partial charge in [0, 0.05) is 50.7 Å². The smallest absolute Gasteiger partial charge is 0.317 e. The molecular formula is C13H19N5O. The van der Waals surface area contributed by atoms with Gasteiger partial charge in [-0.25, -0.2) is 9.78 Å². The summed E-state index contributed by atoms with van der Waals surface area (Å²) in [6.45, 7) is 6.22. The van der Waals surface area contributed by atoms with Crippen molar-refractivity contribution >= 4 is 17.5 Å². The van der Waals surface area contributed by atoms with E-state index in [1.54, 1.807) is 0 Å². The number of urea groups is 1. The molecule has 2 amide bonds. The van der Waals surface area contributed by atoms with Gasteiger partial charge in [0.1, 0.15) is 5.82 Å². The Bertz CT molecular complexity index is 478. The van der Waals surface area contributed by atoms with Gasteiger partial charge in [0.25, 0.3) is 0 Å². The molecule has 1 unspecified atom stereocenters. The minimum atomic E-state index is 0.0766. The van der Waals surface area contributed by atoms with Crippen LogP contribution in [0.2, 0.25) is 0 Å². The van der Waals surface area contributed by atoms with E-state index in [0.29, 0.717) is 0 Å². The minimum absolute atomic E-state index is 0.0766. The van der Waals surface area contributed by atoms with Crippen LogP contribution in [0.3, 0.4) is 0 Å². The van der Waals surface area contributed by atoms with Gasteiger partial charge in [-0.05, 0) is 13.0 Å². The van der Waals surface area contributed by atoms with E-state index in [4.69, 9.17) is 0 Å². The second kappa shape index (κ2) is 4.95. The van der Waals surface area contributed by atoms with Crippen LogP contribution in [-0.2, 0) is 0 Å². The van der Waals surface area contributed by atoms with Crippen molar-refractivity contribution in [2.75, 3.05) is 42.9 Å². The van der Waals surface area contributed by atoms with Gasteiger partial charge in [-0.2, -0.15) is 0 Å². The van der Waals surface area contributed by atoms with Gasteiger partial charge in [-0.1, -0.05) is 0 Å². The molecular weight excluding hydrogens is 242 g/mol. The quantitative estimate of drug-likeness (QED) is 0.842. The molecule has 0 saturated carbocycles. The van der Waals surface area contributed by atoms with E-state index < -0.39 is 0 Å². The van der Waals surface area contributed by atoms with Crippen LogP contribution in [0.1, 0.15) is 6.92 Å². The Morgan fingerprint density at radius 1 is 1.53 bits per heavy atom. The maximum absolute atomic E-state index is 11.6. The summed E-state index contributed by atoms with van der Waals surface area (Å²) >= 11 is 0. The Labute approximate surface area is 112 Å². The molecule has 1 atom stereocenters. The number of hydrogen-bond donors (Lipinski definition) is 2. The summed E-state index contributed by atoms with van der Waals surface area (Å²) in [5.41, 5.74) is 1.17. The zero-order valence-electron chi connectivity index (χ0n) is 11.1. The normalized spacial score (nSPS) is 22.2. The average molecular weight is 261 g/mol. The second-order valence-electron chi connectivity index (χ2n) is 4.91. The Hall–Kier alpha value is -1.98. The van der Waals surface area contributed by atoms with Crippen molar-refractivity contribution in [3.05, 3.63) is 18.3 Å². The van der Waals surface area contributed by atoms with Gasteiger partial charge >= 0.3 is 6.03 Å². The predicted octanol–water partition coefficient (Wildman–Crippen LogP) is 0.727. The number of rotatable bonds is 3. The van der Waals surface area contributed by atoms with Crippen molar-refractivity contribution in [3.63, 3.8) is 0 Å². The lowest BCUT2D eigenvalue weighted by Crippen LogP contribution is -2.52. The van der Waals surface area contributed by atoms with E-state index in [1.807, 2.05) is 17.2 Å². The number of amides is 2. The Kier molecular flexibility index (Phi) is 3.15. The molecule has 6 heteroatoms. The van der Waals surface area contributed by atoms with Crippen LogP contribution in [0.15, 0.2) is 18.3 Å². The molecule has 3 rings (SSSR count). The van der Waals surface area contributed by atoms with E-state index in [-0.39, 0.29) is 12.1 Å². The maximum Gasteiger partial charge on any atom is 0.317 e. The summed E-state index contributed by atoms with van der Waals surface area (Å²) in [7, 11) is 0. The summed E-state index contributed by atoms with van der Waals surface area (Å²) < 4.78 is 0. The van der Waals surface area contributed by atoms with E-state index in [9.17, 15) is 4.79 Å². The van der Waals surface area contributed by atoms with Gasteiger partial charge in [-0.15, -0.1) is 0 Å². The molecule has 1 aromatic heterocycles. The first-order valence-corrected chi connectivity index (χ1v) is 6.77. The number of pyridine rings is 1. The van der Waals surface area contributed by atoms with E-state index in [0.717, 1.165) is 38.5 Å². The number of piperazine rings is 1. The molecule has 1 aromatic rings. The molecule has 0 aliphatic carbocycles. The predicted molar refractivity (Wildman–Crippen MR) is 74.5 cm³/mol. The van der Waals surface area contributed by atoms with Crippen molar-refractivity contribution in [1.82, 2.24) is 15.2 Å². The lowest BCUT2D eigenvalue weighted by Gasteiger charge is -2.37. The van der Waals surface area contributed by atoms with E-state index in [2.05, 4.69) is 33.5 Å². The van der Waals surface area contributed by atoms with Crippen LogP contribution >= 0.6 is 0 Å². The van der Waals surface area contributed by atoms with Crippen molar-refractivity contribution in [2.24, 2.45) is 0 Å². The molecule has 0 spiro atoms. The number of fused-ring (bicyclic) bond motifs is 1. The number of aromatic nitrogens is 1. The standard InChI is InChI=1S/C13H19N5O/c1-2-14-12-7-10(3-4-15-12)17-5-6-18-11(9-17)8-16-13(18)19/h3-4,7,11H,2,5-6,8-9H2,1H3,(H,14,15)(H,16,19). The molecule has 0 aromatic carbocycles. The number of carbonyl (C=O) groups excluding carboxylic acids is 1. The second-order valence-corrected chi connectivity index (χ2v) is 4.91. The monoisotopic (exact) mass is 261 g/mol. The summed E-state index contributed by atoms with van der Waals surface area (Å²) in [6.07, 6.45) is 1.83. The molecule has 3 heterocycles. The summed E-state index contributed by atoms with van der Waals surface area (Å²) in [5, 5.41) is 6.13. The largest absolute Gasteiger partial charge is 0.370 e. The zero-order valence-corrected chi connectivity index (χ0v) is 11.1. The SMILES string of the molecule is CCNc1cc(N2CCN3C(=O)NCC3C2)ccn1. The Balaban J connectivity index is 1.73. The zero-order chi connectivity index (χ0) is 13.2. The van der Waals surface area contributed by atoms with Crippen LogP contribution in [0.4, 0.5) is 16.3 Å². The van der Waals surface area contributed by atoms with Crippen molar-refractivity contribution < 1.29 is 4.79 Å². The fourth-order valence-corrected chi connectivity index (χ4v) is 2.73.